The van der Waals surface area contributed by atoms with Crippen LogP contribution in [0.5, 0.6) is 5.88 Å². The van der Waals surface area contributed by atoms with E-state index in [0.29, 0.717) is 24.2 Å². The van der Waals surface area contributed by atoms with Gasteiger partial charge in [-0.2, -0.15) is 4.98 Å². The van der Waals surface area contributed by atoms with E-state index in [0.717, 1.165) is 79.4 Å². The van der Waals surface area contributed by atoms with Crippen LogP contribution in [0.4, 0.5) is 0 Å². The molecule has 0 unspecified atom stereocenters. The van der Waals surface area contributed by atoms with Crippen molar-refractivity contribution in [2.45, 2.75) is 32.8 Å². The molecule has 0 aliphatic carbocycles. The second-order valence-corrected chi connectivity index (χ2v) is 9.30. The van der Waals surface area contributed by atoms with Gasteiger partial charge in [0.1, 0.15) is 11.4 Å². The fraction of sp³-hybridized carbons (Fsp3) is 0.682. The minimum absolute atomic E-state index is 0.0995. The molecule has 0 spiro atoms. The fourth-order valence-corrected chi connectivity index (χ4v) is 5.61. The van der Waals surface area contributed by atoms with Crippen LogP contribution in [0.2, 0.25) is 0 Å². The lowest BCUT2D eigenvalue weighted by Crippen LogP contribution is -2.40. The van der Waals surface area contributed by atoms with E-state index in [9.17, 15) is 4.79 Å². The fourth-order valence-electron chi connectivity index (χ4n) is 4.45. The Kier molecular flexibility index (Phi) is 7.37. The average molecular weight is 449 g/mol. The number of carbonyl (C=O) groups is 1. The molecule has 1 amide bonds. The van der Waals surface area contributed by atoms with Crippen molar-refractivity contribution in [2.75, 3.05) is 60.2 Å². The first kappa shape index (κ1) is 22.4. The molecular weight excluding hydrogens is 416 g/mol. The lowest BCUT2D eigenvalue weighted by Gasteiger charge is -2.34. The van der Waals surface area contributed by atoms with Crippen LogP contribution in [0.15, 0.2) is 0 Å². The van der Waals surface area contributed by atoms with E-state index in [1.165, 1.54) is 17.8 Å². The highest BCUT2D eigenvalue weighted by atomic mass is 32.1. The Hall–Kier alpha value is -1.81. The Balaban J connectivity index is 1.41. The Bertz CT molecular complexity index is 905. The quantitative estimate of drug-likeness (QED) is 0.645. The van der Waals surface area contributed by atoms with Gasteiger partial charge in [-0.05, 0) is 44.2 Å². The number of piperidine rings is 1. The zero-order chi connectivity index (χ0) is 21.8. The standard InChI is InChI=1S/C22H32N4O4S/c1-15-18-20(29-3)23-17(14-28-2)24-21(18)31-19(15)22(27)26-8-5-16(6-9-26)4-7-25-10-12-30-13-11-25/h16H,4-14H2,1-3H3. The molecule has 4 rings (SSSR count). The van der Waals surface area contributed by atoms with Gasteiger partial charge in [0.15, 0.2) is 5.82 Å². The largest absolute Gasteiger partial charge is 0.480 e. The number of amides is 1. The van der Waals surface area contributed by atoms with Crippen LogP contribution in [0.1, 0.15) is 40.3 Å². The van der Waals surface area contributed by atoms with Crippen LogP contribution in [-0.4, -0.2) is 85.8 Å². The number of ether oxygens (including phenoxy) is 3. The predicted octanol–water partition coefficient (Wildman–Crippen LogP) is 2.73. The van der Waals surface area contributed by atoms with Gasteiger partial charge in [-0.1, -0.05) is 0 Å². The van der Waals surface area contributed by atoms with Crippen molar-refractivity contribution in [2.24, 2.45) is 5.92 Å². The molecule has 0 aromatic carbocycles. The predicted molar refractivity (Wildman–Crippen MR) is 120 cm³/mol. The lowest BCUT2D eigenvalue weighted by atomic mass is 9.93. The minimum Gasteiger partial charge on any atom is -0.480 e. The molecule has 9 heteroatoms. The van der Waals surface area contributed by atoms with Gasteiger partial charge < -0.3 is 19.1 Å². The first-order chi connectivity index (χ1) is 15.1. The molecule has 8 nitrogen and oxygen atoms in total. The van der Waals surface area contributed by atoms with Crippen molar-refractivity contribution in [3.05, 3.63) is 16.3 Å². The number of carbonyl (C=O) groups excluding carboxylic acids is 1. The molecule has 2 aromatic rings. The van der Waals surface area contributed by atoms with E-state index in [-0.39, 0.29) is 5.91 Å². The van der Waals surface area contributed by atoms with Gasteiger partial charge in [0.25, 0.3) is 5.91 Å². The van der Waals surface area contributed by atoms with Crippen LogP contribution in [0, 0.1) is 12.8 Å². The van der Waals surface area contributed by atoms with Gasteiger partial charge >= 0.3 is 0 Å². The third-order valence-corrected chi connectivity index (χ3v) is 7.50. The molecule has 2 fully saturated rings. The maximum Gasteiger partial charge on any atom is 0.264 e. The summed E-state index contributed by atoms with van der Waals surface area (Å²) in [4.78, 5) is 28.3. The number of likely N-dealkylation sites (tertiary alicyclic amines) is 1. The van der Waals surface area contributed by atoms with Crippen molar-refractivity contribution >= 4 is 27.5 Å². The molecule has 170 valence electrons. The van der Waals surface area contributed by atoms with Crippen molar-refractivity contribution < 1.29 is 19.0 Å². The molecule has 0 N–H and O–H groups in total. The molecule has 0 atom stereocenters. The minimum atomic E-state index is 0.0995. The second-order valence-electron chi connectivity index (χ2n) is 8.30. The number of hydrogen-bond acceptors (Lipinski definition) is 8. The van der Waals surface area contributed by atoms with Crippen LogP contribution in [-0.2, 0) is 16.1 Å². The zero-order valence-electron chi connectivity index (χ0n) is 18.7. The molecule has 2 aromatic heterocycles. The summed E-state index contributed by atoms with van der Waals surface area (Å²) in [7, 11) is 3.21. The number of morpholine rings is 1. The van der Waals surface area contributed by atoms with Gasteiger partial charge in [0.05, 0.1) is 30.6 Å². The molecule has 2 aliphatic heterocycles. The van der Waals surface area contributed by atoms with Crippen LogP contribution in [0.3, 0.4) is 0 Å². The Labute approximate surface area is 187 Å². The first-order valence-electron chi connectivity index (χ1n) is 11.0. The normalized spacial score (nSPS) is 18.6. The average Bonchev–Trinajstić information content (AvgIpc) is 3.14. The third kappa shape index (κ3) is 5.00. The highest BCUT2D eigenvalue weighted by Gasteiger charge is 2.28. The molecule has 0 radical (unpaired) electrons. The molecule has 4 heterocycles. The first-order valence-corrected chi connectivity index (χ1v) is 11.8. The van der Waals surface area contributed by atoms with Gasteiger partial charge in [-0.25, -0.2) is 4.98 Å². The number of nitrogens with zero attached hydrogens (tertiary/aromatic N) is 4. The Morgan fingerprint density at radius 3 is 2.58 bits per heavy atom. The van der Waals surface area contributed by atoms with Crippen molar-refractivity contribution in [1.82, 2.24) is 19.8 Å². The number of fused-ring (bicyclic) bond motifs is 1. The maximum absolute atomic E-state index is 13.3. The number of rotatable bonds is 7. The molecular formula is C22H32N4O4S. The van der Waals surface area contributed by atoms with Crippen molar-refractivity contribution in [3.63, 3.8) is 0 Å². The number of aromatic nitrogens is 2. The summed E-state index contributed by atoms with van der Waals surface area (Å²) in [5.74, 6) is 1.86. The highest BCUT2D eigenvalue weighted by molar-refractivity contribution is 7.20. The molecule has 2 aliphatic rings. The molecule has 0 saturated carbocycles. The lowest BCUT2D eigenvalue weighted by molar-refractivity contribution is 0.0332. The van der Waals surface area contributed by atoms with Gasteiger partial charge in [0, 0.05) is 33.3 Å². The van der Waals surface area contributed by atoms with Crippen LogP contribution >= 0.6 is 11.3 Å². The summed E-state index contributed by atoms with van der Waals surface area (Å²) in [5.41, 5.74) is 0.903. The maximum atomic E-state index is 13.3. The van der Waals surface area contributed by atoms with E-state index in [2.05, 4.69) is 14.9 Å². The SMILES string of the molecule is COCc1nc(OC)c2c(C)c(C(=O)N3CCC(CCN4CCOCC4)CC3)sc2n1. The Morgan fingerprint density at radius 2 is 1.90 bits per heavy atom. The van der Waals surface area contributed by atoms with Crippen molar-refractivity contribution in [3.8, 4) is 5.88 Å². The van der Waals surface area contributed by atoms with E-state index in [1.807, 2.05) is 11.8 Å². The summed E-state index contributed by atoms with van der Waals surface area (Å²) in [5, 5.41) is 0.830. The van der Waals surface area contributed by atoms with Gasteiger partial charge in [-0.15, -0.1) is 11.3 Å². The number of hydrogen-bond donors (Lipinski definition) is 0. The molecule has 31 heavy (non-hydrogen) atoms. The summed E-state index contributed by atoms with van der Waals surface area (Å²) in [6.07, 6.45) is 3.35. The van der Waals surface area contributed by atoms with Gasteiger partial charge in [0.2, 0.25) is 5.88 Å². The summed E-state index contributed by atoms with van der Waals surface area (Å²) in [6.45, 7) is 8.83. The Morgan fingerprint density at radius 1 is 1.16 bits per heavy atom. The van der Waals surface area contributed by atoms with Crippen LogP contribution in [0.25, 0.3) is 10.2 Å². The van der Waals surface area contributed by atoms with E-state index in [1.54, 1.807) is 14.2 Å². The number of thiophene rings is 1. The van der Waals surface area contributed by atoms with Gasteiger partial charge in [-0.3, -0.25) is 9.69 Å². The second kappa shape index (κ2) is 10.2. The number of aryl methyl sites for hydroxylation is 1. The summed E-state index contributed by atoms with van der Waals surface area (Å²) < 4.78 is 16.1. The summed E-state index contributed by atoms with van der Waals surface area (Å²) >= 11 is 1.43. The van der Waals surface area contributed by atoms with Crippen molar-refractivity contribution in [1.29, 1.82) is 0 Å². The highest BCUT2D eigenvalue weighted by Crippen LogP contribution is 2.36. The topological polar surface area (TPSA) is 77.0 Å². The third-order valence-electron chi connectivity index (χ3n) is 6.32. The zero-order valence-corrected chi connectivity index (χ0v) is 19.5. The molecule has 2 saturated heterocycles. The smallest absolute Gasteiger partial charge is 0.264 e. The van der Waals surface area contributed by atoms with E-state index >= 15 is 0 Å². The van der Waals surface area contributed by atoms with E-state index < -0.39 is 0 Å². The summed E-state index contributed by atoms with van der Waals surface area (Å²) in [6, 6.07) is 0. The van der Waals surface area contributed by atoms with E-state index in [4.69, 9.17) is 14.2 Å². The monoisotopic (exact) mass is 448 g/mol. The molecule has 0 bridgehead atoms. The number of methoxy groups -OCH3 is 2. The van der Waals surface area contributed by atoms with Crippen LogP contribution < -0.4 is 4.74 Å².